The van der Waals surface area contributed by atoms with Gasteiger partial charge in [-0.25, -0.2) is 0 Å². The summed E-state index contributed by atoms with van der Waals surface area (Å²) in [6.45, 7) is 2.01. The summed E-state index contributed by atoms with van der Waals surface area (Å²) in [5.74, 6) is -0.757. The molecule has 0 aliphatic heterocycles. The van der Waals surface area contributed by atoms with Gasteiger partial charge in [0.1, 0.15) is 0 Å². The van der Waals surface area contributed by atoms with Crippen LogP contribution in [0.15, 0.2) is 22.7 Å². The molecule has 0 unspecified atom stereocenters. The van der Waals surface area contributed by atoms with E-state index in [1.54, 1.807) is 0 Å². The van der Waals surface area contributed by atoms with E-state index in [2.05, 4.69) is 15.9 Å². The van der Waals surface area contributed by atoms with Crippen molar-refractivity contribution in [1.29, 1.82) is 0 Å². The number of aliphatic carboxylic acids is 1. The molecule has 1 rings (SSSR count). The highest BCUT2D eigenvalue weighted by Crippen LogP contribution is 2.19. The van der Waals surface area contributed by atoms with Gasteiger partial charge in [-0.05, 0) is 30.5 Å². The predicted molar refractivity (Wildman–Crippen MR) is 54.8 cm³/mol. The van der Waals surface area contributed by atoms with Gasteiger partial charge in [-0.15, -0.1) is 0 Å². The second kappa shape index (κ2) is 4.42. The molecule has 0 bridgehead atoms. The Hall–Kier alpha value is -0.830. The van der Waals surface area contributed by atoms with Crippen LogP contribution in [0.4, 0.5) is 0 Å². The Bertz CT molecular complexity index is 321. The van der Waals surface area contributed by atoms with Crippen LogP contribution in [0, 0.1) is 6.92 Å². The van der Waals surface area contributed by atoms with Gasteiger partial charge in [0.2, 0.25) is 0 Å². The fraction of sp³-hybridized carbons (Fsp3) is 0.300. The van der Waals surface area contributed by atoms with Gasteiger partial charge in [-0.1, -0.05) is 28.1 Å². The maximum Gasteiger partial charge on any atom is 0.303 e. The van der Waals surface area contributed by atoms with Crippen LogP contribution in [0.3, 0.4) is 0 Å². The molecule has 0 amide bonds. The summed E-state index contributed by atoms with van der Waals surface area (Å²) in [6.07, 6.45) is 0.762. The number of aryl methyl sites for hydroxylation is 2. The third-order valence-electron chi connectivity index (χ3n) is 1.82. The number of carboxylic acids is 1. The second-order valence-corrected chi connectivity index (χ2v) is 3.84. The zero-order valence-corrected chi connectivity index (χ0v) is 8.97. The van der Waals surface area contributed by atoms with Crippen LogP contribution >= 0.6 is 15.9 Å². The second-order valence-electron chi connectivity index (χ2n) is 2.99. The average Bonchev–Trinajstić information content (AvgIpc) is 2.02. The highest BCUT2D eigenvalue weighted by molar-refractivity contribution is 9.10. The SMILES string of the molecule is Cc1ccc(CCC(=O)O)c(Br)c1. The molecule has 0 aromatic heterocycles. The van der Waals surface area contributed by atoms with Gasteiger partial charge >= 0.3 is 5.97 Å². The molecule has 0 saturated carbocycles. The Morgan fingerprint density at radius 3 is 2.77 bits per heavy atom. The van der Waals surface area contributed by atoms with Gasteiger partial charge in [0, 0.05) is 10.9 Å². The molecule has 0 aliphatic carbocycles. The van der Waals surface area contributed by atoms with E-state index < -0.39 is 5.97 Å². The van der Waals surface area contributed by atoms with Crippen LogP contribution in [0.2, 0.25) is 0 Å². The van der Waals surface area contributed by atoms with Crippen LogP contribution in [0.25, 0.3) is 0 Å². The van der Waals surface area contributed by atoms with Crippen molar-refractivity contribution in [3.63, 3.8) is 0 Å². The van der Waals surface area contributed by atoms with E-state index in [9.17, 15) is 4.79 Å². The minimum absolute atomic E-state index is 0.182. The zero-order valence-electron chi connectivity index (χ0n) is 7.38. The van der Waals surface area contributed by atoms with Gasteiger partial charge in [-0.2, -0.15) is 0 Å². The van der Waals surface area contributed by atoms with Crippen molar-refractivity contribution >= 4 is 21.9 Å². The minimum atomic E-state index is -0.757. The van der Waals surface area contributed by atoms with Crippen LogP contribution < -0.4 is 0 Å². The molecule has 0 spiro atoms. The quantitative estimate of drug-likeness (QED) is 0.886. The van der Waals surface area contributed by atoms with E-state index in [0.717, 1.165) is 10.0 Å². The van der Waals surface area contributed by atoms with E-state index in [1.807, 2.05) is 25.1 Å². The molecule has 3 heteroatoms. The number of rotatable bonds is 3. The minimum Gasteiger partial charge on any atom is -0.481 e. The number of benzene rings is 1. The molecular weight excluding hydrogens is 232 g/mol. The molecule has 1 N–H and O–H groups in total. The summed E-state index contributed by atoms with van der Waals surface area (Å²) in [5.41, 5.74) is 2.22. The Labute approximate surface area is 85.7 Å². The molecule has 0 aliphatic rings. The Balaban J connectivity index is 2.72. The third-order valence-corrected chi connectivity index (χ3v) is 2.55. The lowest BCUT2D eigenvalue weighted by Crippen LogP contribution is -1.98. The van der Waals surface area contributed by atoms with Crippen LogP contribution in [0.5, 0.6) is 0 Å². The summed E-state index contributed by atoms with van der Waals surface area (Å²) >= 11 is 3.40. The van der Waals surface area contributed by atoms with Gasteiger partial charge in [0.25, 0.3) is 0 Å². The number of hydrogen-bond donors (Lipinski definition) is 1. The van der Waals surface area contributed by atoms with E-state index in [-0.39, 0.29) is 6.42 Å². The van der Waals surface area contributed by atoms with Crippen molar-refractivity contribution in [3.05, 3.63) is 33.8 Å². The molecule has 0 heterocycles. The van der Waals surface area contributed by atoms with E-state index >= 15 is 0 Å². The van der Waals surface area contributed by atoms with Crippen LogP contribution in [0.1, 0.15) is 17.5 Å². The first-order chi connectivity index (χ1) is 6.09. The van der Waals surface area contributed by atoms with Crippen LogP contribution in [-0.2, 0) is 11.2 Å². The summed E-state index contributed by atoms with van der Waals surface area (Å²) in [5, 5.41) is 8.50. The molecule has 2 nitrogen and oxygen atoms in total. The van der Waals surface area contributed by atoms with Crippen LogP contribution in [-0.4, -0.2) is 11.1 Å². The number of halogens is 1. The van der Waals surface area contributed by atoms with Crippen molar-refractivity contribution in [2.75, 3.05) is 0 Å². The van der Waals surface area contributed by atoms with Crippen molar-refractivity contribution in [1.82, 2.24) is 0 Å². The number of carboxylic acid groups (broad SMARTS) is 1. The smallest absolute Gasteiger partial charge is 0.303 e. The van der Waals surface area contributed by atoms with E-state index in [0.29, 0.717) is 6.42 Å². The molecule has 70 valence electrons. The first-order valence-electron chi connectivity index (χ1n) is 4.06. The topological polar surface area (TPSA) is 37.3 Å². The lowest BCUT2D eigenvalue weighted by atomic mass is 10.1. The molecule has 0 saturated heterocycles. The maximum absolute atomic E-state index is 10.3. The predicted octanol–water partition coefficient (Wildman–Crippen LogP) is 2.77. The fourth-order valence-electron chi connectivity index (χ4n) is 1.10. The highest BCUT2D eigenvalue weighted by atomic mass is 79.9. The standard InChI is InChI=1S/C10H11BrO2/c1-7-2-3-8(9(11)6-7)4-5-10(12)13/h2-3,6H,4-5H2,1H3,(H,12,13). The Morgan fingerprint density at radius 1 is 1.54 bits per heavy atom. The number of hydrogen-bond acceptors (Lipinski definition) is 1. The normalized spacial score (nSPS) is 10.0. The van der Waals surface area contributed by atoms with Gasteiger partial charge < -0.3 is 5.11 Å². The highest BCUT2D eigenvalue weighted by Gasteiger charge is 2.02. The average molecular weight is 243 g/mol. The van der Waals surface area contributed by atoms with Crippen molar-refractivity contribution in [2.24, 2.45) is 0 Å². The van der Waals surface area contributed by atoms with Gasteiger partial charge in [0.15, 0.2) is 0 Å². The fourth-order valence-corrected chi connectivity index (χ4v) is 1.79. The third kappa shape index (κ3) is 3.19. The lowest BCUT2D eigenvalue weighted by Gasteiger charge is -2.03. The molecule has 0 fully saturated rings. The largest absolute Gasteiger partial charge is 0.481 e. The summed E-state index contributed by atoms with van der Waals surface area (Å²) in [6, 6.07) is 5.95. The molecule has 0 atom stereocenters. The molecule has 0 radical (unpaired) electrons. The summed E-state index contributed by atoms with van der Waals surface area (Å²) in [4.78, 5) is 10.3. The Kier molecular flexibility index (Phi) is 3.48. The van der Waals surface area contributed by atoms with Gasteiger partial charge in [-0.3, -0.25) is 4.79 Å². The summed E-state index contributed by atoms with van der Waals surface area (Å²) < 4.78 is 0.994. The molecule has 1 aromatic rings. The molecule has 13 heavy (non-hydrogen) atoms. The molecular formula is C10H11BrO2. The first-order valence-corrected chi connectivity index (χ1v) is 4.85. The monoisotopic (exact) mass is 242 g/mol. The van der Waals surface area contributed by atoms with Crippen molar-refractivity contribution in [3.8, 4) is 0 Å². The zero-order chi connectivity index (χ0) is 9.84. The number of carbonyl (C=O) groups is 1. The summed E-state index contributed by atoms with van der Waals surface area (Å²) in [7, 11) is 0. The molecule has 1 aromatic carbocycles. The Morgan fingerprint density at radius 2 is 2.23 bits per heavy atom. The maximum atomic E-state index is 10.3. The first kappa shape index (κ1) is 10.3. The van der Waals surface area contributed by atoms with Crippen molar-refractivity contribution < 1.29 is 9.90 Å². The van der Waals surface area contributed by atoms with E-state index in [4.69, 9.17) is 5.11 Å². The van der Waals surface area contributed by atoms with Gasteiger partial charge in [0.05, 0.1) is 0 Å². The lowest BCUT2D eigenvalue weighted by molar-refractivity contribution is -0.136. The van der Waals surface area contributed by atoms with E-state index in [1.165, 1.54) is 5.56 Å². The van der Waals surface area contributed by atoms with Crippen molar-refractivity contribution in [2.45, 2.75) is 19.8 Å².